The van der Waals surface area contributed by atoms with Crippen molar-refractivity contribution in [3.05, 3.63) is 23.8 Å². The minimum atomic E-state index is -0.0415. The van der Waals surface area contributed by atoms with Gasteiger partial charge in [-0.15, -0.1) is 0 Å². The number of ether oxygens (including phenoxy) is 3. The van der Waals surface area contributed by atoms with Gasteiger partial charge < -0.3 is 19.5 Å². The molecule has 0 spiro atoms. The van der Waals surface area contributed by atoms with Crippen molar-refractivity contribution in [3.8, 4) is 11.5 Å². The normalized spacial score (nSPS) is 22.6. The second-order valence-corrected chi connectivity index (χ2v) is 7.43. The van der Waals surface area contributed by atoms with Crippen molar-refractivity contribution in [3.63, 3.8) is 0 Å². The molecule has 1 N–H and O–H groups in total. The molecule has 0 unspecified atom stereocenters. The van der Waals surface area contributed by atoms with Gasteiger partial charge in [0.1, 0.15) is 13.2 Å². The van der Waals surface area contributed by atoms with Crippen LogP contribution in [0.3, 0.4) is 0 Å². The van der Waals surface area contributed by atoms with Crippen molar-refractivity contribution >= 4 is 5.91 Å². The number of carbonyl (C=O) groups is 1. The fraction of sp³-hybridized carbons (Fsp3) is 0.650. The number of rotatable bonds is 4. The number of benzene rings is 1. The summed E-state index contributed by atoms with van der Waals surface area (Å²) in [4.78, 5) is 15.3. The van der Waals surface area contributed by atoms with Gasteiger partial charge in [0.25, 0.3) is 5.91 Å². The predicted molar refractivity (Wildman–Crippen MR) is 98.0 cm³/mol. The Balaban J connectivity index is 1.44. The third-order valence-corrected chi connectivity index (χ3v) is 5.85. The fourth-order valence-corrected chi connectivity index (χ4v) is 4.38. The molecule has 6 heteroatoms. The molecule has 0 radical (unpaired) electrons. The smallest absolute Gasteiger partial charge is 0.251 e. The molecular formula is C20H28N2O4. The monoisotopic (exact) mass is 360 g/mol. The van der Waals surface area contributed by atoms with Gasteiger partial charge in [-0.1, -0.05) is 19.3 Å². The molecule has 26 heavy (non-hydrogen) atoms. The van der Waals surface area contributed by atoms with Gasteiger partial charge >= 0.3 is 0 Å². The zero-order valence-corrected chi connectivity index (χ0v) is 15.3. The third-order valence-electron chi connectivity index (χ3n) is 5.85. The van der Waals surface area contributed by atoms with Gasteiger partial charge in [-0.2, -0.15) is 0 Å². The molecule has 142 valence electrons. The number of fused-ring (bicyclic) bond motifs is 1. The Morgan fingerprint density at radius 3 is 2.50 bits per heavy atom. The van der Waals surface area contributed by atoms with E-state index in [0.717, 1.165) is 39.1 Å². The topological polar surface area (TPSA) is 60.0 Å². The molecule has 1 aromatic carbocycles. The number of morpholine rings is 1. The van der Waals surface area contributed by atoms with Crippen molar-refractivity contribution in [1.82, 2.24) is 10.2 Å². The first kappa shape index (κ1) is 17.6. The predicted octanol–water partition coefficient (Wildman–Crippen LogP) is 2.22. The fourth-order valence-electron chi connectivity index (χ4n) is 4.38. The number of hydrogen-bond donors (Lipinski definition) is 1. The summed E-state index contributed by atoms with van der Waals surface area (Å²) in [6, 6.07) is 5.42. The number of nitrogens with zero attached hydrogens (tertiary/aromatic N) is 1. The molecule has 2 fully saturated rings. The first-order valence-electron chi connectivity index (χ1n) is 9.78. The van der Waals surface area contributed by atoms with Crippen molar-refractivity contribution in [2.45, 2.75) is 37.6 Å². The summed E-state index contributed by atoms with van der Waals surface area (Å²) in [5, 5.41) is 3.20. The van der Waals surface area contributed by atoms with Gasteiger partial charge in [-0.3, -0.25) is 9.69 Å². The summed E-state index contributed by atoms with van der Waals surface area (Å²) in [5.74, 6) is 1.33. The molecule has 3 aliphatic rings. The third kappa shape index (κ3) is 3.67. The lowest BCUT2D eigenvalue weighted by atomic mass is 9.79. The van der Waals surface area contributed by atoms with E-state index in [9.17, 15) is 4.79 Å². The van der Waals surface area contributed by atoms with E-state index < -0.39 is 0 Å². The molecule has 6 nitrogen and oxygen atoms in total. The molecule has 2 aliphatic heterocycles. The average molecular weight is 360 g/mol. The van der Waals surface area contributed by atoms with Crippen molar-refractivity contribution in [2.24, 2.45) is 0 Å². The summed E-state index contributed by atoms with van der Waals surface area (Å²) < 4.78 is 16.7. The van der Waals surface area contributed by atoms with Crippen LogP contribution >= 0.6 is 0 Å². The van der Waals surface area contributed by atoms with E-state index in [1.54, 1.807) is 6.07 Å². The van der Waals surface area contributed by atoms with Gasteiger partial charge in [0, 0.05) is 30.7 Å². The Labute approximate surface area is 154 Å². The van der Waals surface area contributed by atoms with Gasteiger partial charge in [0.2, 0.25) is 0 Å². The first-order valence-corrected chi connectivity index (χ1v) is 9.78. The van der Waals surface area contributed by atoms with E-state index in [1.165, 1.54) is 19.3 Å². The average Bonchev–Trinajstić information content (AvgIpc) is 2.73. The molecule has 0 aromatic heterocycles. The van der Waals surface area contributed by atoms with Crippen molar-refractivity contribution < 1.29 is 19.0 Å². The Kier molecular flexibility index (Phi) is 5.31. The molecule has 1 aliphatic carbocycles. The van der Waals surface area contributed by atoms with Crippen molar-refractivity contribution in [2.75, 3.05) is 46.1 Å². The SMILES string of the molecule is O=C(NCC1(N2CCOCC2)CCCCC1)c1ccc2c(c1)OCCO2. The summed E-state index contributed by atoms with van der Waals surface area (Å²) in [6.45, 7) is 5.27. The van der Waals surface area contributed by atoms with Crippen LogP contribution in [0, 0.1) is 0 Å². The first-order chi connectivity index (χ1) is 12.8. The van der Waals surface area contributed by atoms with Crippen LogP contribution in [0.15, 0.2) is 18.2 Å². The van der Waals surface area contributed by atoms with E-state index in [1.807, 2.05) is 12.1 Å². The van der Waals surface area contributed by atoms with E-state index in [2.05, 4.69) is 10.2 Å². The highest BCUT2D eigenvalue weighted by Crippen LogP contribution is 2.34. The molecule has 2 heterocycles. The zero-order chi connectivity index (χ0) is 17.8. The number of amides is 1. The maximum Gasteiger partial charge on any atom is 0.251 e. The van der Waals surface area contributed by atoms with Gasteiger partial charge in [-0.25, -0.2) is 0 Å². The van der Waals surface area contributed by atoms with E-state index >= 15 is 0 Å². The zero-order valence-electron chi connectivity index (χ0n) is 15.3. The standard InChI is InChI=1S/C20H28N2O4/c23-19(16-4-5-17-18(14-16)26-13-12-25-17)21-15-20(6-2-1-3-7-20)22-8-10-24-11-9-22/h4-5,14H,1-3,6-13,15H2,(H,21,23). The van der Waals surface area contributed by atoms with Crippen LogP contribution in [-0.4, -0.2) is 62.4 Å². The summed E-state index contributed by atoms with van der Waals surface area (Å²) >= 11 is 0. The molecule has 0 atom stereocenters. The lowest BCUT2D eigenvalue weighted by Crippen LogP contribution is -2.59. The van der Waals surface area contributed by atoms with Crippen LogP contribution in [0.2, 0.25) is 0 Å². The van der Waals surface area contributed by atoms with E-state index in [-0.39, 0.29) is 11.4 Å². The molecule has 4 rings (SSSR count). The summed E-state index contributed by atoms with van der Waals surface area (Å²) in [7, 11) is 0. The Morgan fingerprint density at radius 2 is 1.73 bits per heavy atom. The Bertz CT molecular complexity index is 637. The van der Waals surface area contributed by atoms with Crippen LogP contribution in [0.25, 0.3) is 0 Å². The summed E-state index contributed by atoms with van der Waals surface area (Å²) in [5.41, 5.74) is 0.702. The Hall–Kier alpha value is -1.79. The number of carbonyl (C=O) groups excluding carboxylic acids is 1. The highest BCUT2D eigenvalue weighted by molar-refractivity contribution is 5.95. The molecule has 1 aromatic rings. The minimum Gasteiger partial charge on any atom is -0.486 e. The van der Waals surface area contributed by atoms with Crippen LogP contribution in [-0.2, 0) is 4.74 Å². The lowest BCUT2D eigenvalue weighted by molar-refractivity contribution is -0.0361. The van der Waals surface area contributed by atoms with Gasteiger partial charge in [-0.05, 0) is 31.0 Å². The maximum absolute atomic E-state index is 12.7. The summed E-state index contributed by atoms with van der Waals surface area (Å²) in [6.07, 6.45) is 6.06. The van der Waals surface area contributed by atoms with Crippen molar-refractivity contribution in [1.29, 1.82) is 0 Å². The van der Waals surface area contributed by atoms with Gasteiger partial charge in [0.05, 0.1) is 13.2 Å². The maximum atomic E-state index is 12.7. The molecule has 1 saturated carbocycles. The lowest BCUT2D eigenvalue weighted by Gasteiger charge is -2.48. The minimum absolute atomic E-state index is 0.0415. The number of hydrogen-bond acceptors (Lipinski definition) is 5. The van der Waals surface area contributed by atoms with Crippen LogP contribution in [0.1, 0.15) is 42.5 Å². The van der Waals surface area contributed by atoms with E-state index in [4.69, 9.17) is 14.2 Å². The van der Waals surface area contributed by atoms with Gasteiger partial charge in [0.15, 0.2) is 11.5 Å². The van der Waals surface area contributed by atoms with E-state index in [0.29, 0.717) is 36.8 Å². The molecule has 1 saturated heterocycles. The molecule has 0 bridgehead atoms. The molecule has 1 amide bonds. The highest BCUT2D eigenvalue weighted by Gasteiger charge is 2.38. The Morgan fingerprint density at radius 1 is 1.00 bits per heavy atom. The number of nitrogens with one attached hydrogen (secondary N) is 1. The highest BCUT2D eigenvalue weighted by atomic mass is 16.6. The second kappa shape index (κ2) is 7.84. The quantitative estimate of drug-likeness (QED) is 0.892. The van der Waals surface area contributed by atoms with Crippen LogP contribution in [0.4, 0.5) is 0 Å². The van der Waals surface area contributed by atoms with Crippen LogP contribution in [0.5, 0.6) is 11.5 Å². The largest absolute Gasteiger partial charge is 0.486 e. The second-order valence-electron chi connectivity index (χ2n) is 7.43. The molecular weight excluding hydrogens is 332 g/mol. The van der Waals surface area contributed by atoms with Crippen LogP contribution < -0.4 is 14.8 Å².